The molecule has 0 aliphatic heterocycles. The van der Waals surface area contributed by atoms with Crippen molar-refractivity contribution in [2.24, 2.45) is 0 Å². The summed E-state index contributed by atoms with van der Waals surface area (Å²) in [6, 6.07) is 15.8. The van der Waals surface area contributed by atoms with Crippen LogP contribution in [0.5, 0.6) is 5.75 Å². The molecule has 106 valence electrons. The minimum Gasteiger partial charge on any atom is -0.508 e. The molecule has 3 heteroatoms. The monoisotopic (exact) mass is 270 g/mol. The van der Waals surface area contributed by atoms with Crippen molar-refractivity contribution in [2.75, 3.05) is 5.73 Å². The van der Waals surface area contributed by atoms with Crippen LogP contribution in [0.2, 0.25) is 0 Å². The number of rotatable bonds is 5. The molecule has 0 bridgehead atoms. The van der Waals surface area contributed by atoms with Crippen LogP contribution < -0.4 is 5.73 Å². The molecule has 0 aromatic heterocycles. The number of hydrogen-bond donors (Lipinski definition) is 2. The number of nitrogens with zero attached hydrogens (tertiary/aromatic N) is 1. The van der Waals surface area contributed by atoms with Gasteiger partial charge in [0.25, 0.3) is 0 Å². The van der Waals surface area contributed by atoms with E-state index in [-0.39, 0.29) is 0 Å². The van der Waals surface area contributed by atoms with Crippen LogP contribution >= 0.6 is 0 Å². The molecule has 0 atom stereocenters. The van der Waals surface area contributed by atoms with Crippen LogP contribution in [0.3, 0.4) is 0 Å². The molecule has 3 N–H and O–H groups in total. The number of anilines is 1. The Hall–Kier alpha value is -2.00. The Morgan fingerprint density at radius 1 is 1.00 bits per heavy atom. The molecule has 2 aromatic rings. The minimum atomic E-state index is 0.315. The minimum absolute atomic E-state index is 0.315. The quantitative estimate of drug-likeness (QED) is 0.819. The Morgan fingerprint density at radius 2 is 1.60 bits per heavy atom. The Labute approximate surface area is 120 Å². The topological polar surface area (TPSA) is 49.5 Å². The molecule has 0 spiro atoms. The summed E-state index contributed by atoms with van der Waals surface area (Å²) in [5, 5.41) is 9.56. The Kier molecular flexibility index (Phi) is 4.64. The van der Waals surface area contributed by atoms with Gasteiger partial charge in [0.15, 0.2) is 0 Å². The van der Waals surface area contributed by atoms with Gasteiger partial charge in [-0.3, -0.25) is 4.90 Å². The summed E-state index contributed by atoms with van der Waals surface area (Å²) in [4.78, 5) is 2.35. The van der Waals surface area contributed by atoms with Gasteiger partial charge >= 0.3 is 0 Å². The lowest BCUT2D eigenvalue weighted by Crippen LogP contribution is -2.29. The van der Waals surface area contributed by atoms with Crippen LogP contribution in [0, 0.1) is 0 Å². The van der Waals surface area contributed by atoms with Gasteiger partial charge in [-0.2, -0.15) is 0 Å². The third-order valence-electron chi connectivity index (χ3n) is 3.36. The van der Waals surface area contributed by atoms with E-state index >= 15 is 0 Å². The molecular weight excluding hydrogens is 248 g/mol. The highest BCUT2D eigenvalue weighted by molar-refractivity contribution is 5.40. The molecule has 0 aliphatic carbocycles. The summed E-state index contributed by atoms with van der Waals surface area (Å²) in [7, 11) is 0. The van der Waals surface area contributed by atoms with Gasteiger partial charge in [0.2, 0.25) is 0 Å². The zero-order valence-corrected chi connectivity index (χ0v) is 12.1. The molecule has 0 aliphatic rings. The zero-order valence-electron chi connectivity index (χ0n) is 12.1. The lowest BCUT2D eigenvalue weighted by molar-refractivity contribution is 0.203. The van der Waals surface area contributed by atoms with Crippen LogP contribution in [0.25, 0.3) is 0 Å². The summed E-state index contributed by atoms with van der Waals surface area (Å²) < 4.78 is 0. The van der Waals surface area contributed by atoms with Gasteiger partial charge in [0.05, 0.1) is 0 Å². The third-order valence-corrected chi connectivity index (χ3v) is 3.36. The lowest BCUT2D eigenvalue weighted by atomic mass is 10.1. The maximum absolute atomic E-state index is 9.56. The van der Waals surface area contributed by atoms with Crippen molar-refractivity contribution in [2.45, 2.75) is 33.0 Å². The Balaban J connectivity index is 2.11. The third kappa shape index (κ3) is 4.00. The lowest BCUT2D eigenvalue weighted by Gasteiger charge is -2.26. The second-order valence-corrected chi connectivity index (χ2v) is 5.41. The van der Waals surface area contributed by atoms with Crippen LogP contribution in [-0.2, 0) is 13.1 Å². The molecule has 0 amide bonds. The average molecular weight is 270 g/mol. The number of benzene rings is 2. The van der Waals surface area contributed by atoms with Crippen molar-refractivity contribution in [1.82, 2.24) is 4.90 Å². The first kappa shape index (κ1) is 14.4. The Morgan fingerprint density at radius 3 is 2.15 bits per heavy atom. The normalized spacial score (nSPS) is 11.2. The molecule has 0 saturated carbocycles. The number of phenols is 1. The first-order valence-corrected chi connectivity index (χ1v) is 6.91. The predicted molar refractivity (Wildman–Crippen MR) is 83.3 cm³/mol. The van der Waals surface area contributed by atoms with Crippen molar-refractivity contribution >= 4 is 5.69 Å². The smallest absolute Gasteiger partial charge is 0.115 e. The van der Waals surface area contributed by atoms with Crippen LogP contribution in [0.15, 0.2) is 48.5 Å². The number of hydrogen-bond acceptors (Lipinski definition) is 3. The standard InChI is InChI=1S/C17H22N2O/c1-13(2)19(11-14-5-3-7-16(18)9-14)12-15-6-4-8-17(20)10-15/h3-10,13,20H,11-12,18H2,1-2H3. The molecule has 0 unspecified atom stereocenters. The van der Waals surface area contributed by atoms with Gasteiger partial charge in [-0.05, 0) is 49.2 Å². The molecular formula is C17H22N2O. The van der Waals surface area contributed by atoms with E-state index in [2.05, 4.69) is 24.8 Å². The molecule has 2 rings (SSSR count). The molecule has 3 nitrogen and oxygen atoms in total. The van der Waals surface area contributed by atoms with E-state index in [0.29, 0.717) is 11.8 Å². The fourth-order valence-electron chi connectivity index (χ4n) is 2.24. The second kappa shape index (κ2) is 6.44. The highest BCUT2D eigenvalue weighted by Gasteiger charge is 2.11. The summed E-state index contributed by atoms with van der Waals surface area (Å²) >= 11 is 0. The van der Waals surface area contributed by atoms with E-state index in [4.69, 9.17) is 5.73 Å². The predicted octanol–water partition coefficient (Wildman–Crippen LogP) is 3.39. The average Bonchev–Trinajstić information content (AvgIpc) is 2.38. The van der Waals surface area contributed by atoms with E-state index < -0.39 is 0 Å². The van der Waals surface area contributed by atoms with Gasteiger partial charge in [-0.25, -0.2) is 0 Å². The van der Waals surface area contributed by atoms with Crippen molar-refractivity contribution in [3.8, 4) is 5.75 Å². The van der Waals surface area contributed by atoms with Crippen LogP contribution in [0.4, 0.5) is 5.69 Å². The van der Waals surface area contributed by atoms with Crippen LogP contribution in [-0.4, -0.2) is 16.0 Å². The summed E-state index contributed by atoms with van der Waals surface area (Å²) in [6.07, 6.45) is 0. The maximum Gasteiger partial charge on any atom is 0.115 e. The second-order valence-electron chi connectivity index (χ2n) is 5.41. The van der Waals surface area contributed by atoms with Crippen molar-refractivity contribution in [3.05, 3.63) is 59.7 Å². The number of nitrogens with two attached hydrogens (primary N) is 1. The van der Waals surface area contributed by atoms with Gasteiger partial charge in [0.1, 0.15) is 5.75 Å². The van der Waals surface area contributed by atoms with E-state index in [1.165, 1.54) is 5.56 Å². The number of nitrogen functional groups attached to an aromatic ring is 1. The first-order chi connectivity index (χ1) is 9.54. The van der Waals surface area contributed by atoms with Crippen molar-refractivity contribution < 1.29 is 5.11 Å². The summed E-state index contributed by atoms with van der Waals surface area (Å²) in [5.74, 6) is 0.315. The van der Waals surface area contributed by atoms with Crippen molar-refractivity contribution in [1.29, 1.82) is 0 Å². The SMILES string of the molecule is CC(C)N(Cc1cccc(N)c1)Cc1cccc(O)c1. The number of phenolic OH excluding ortho intramolecular Hbond substituents is 1. The zero-order chi connectivity index (χ0) is 14.5. The van der Waals surface area contributed by atoms with E-state index in [9.17, 15) is 5.11 Å². The van der Waals surface area contributed by atoms with E-state index in [1.54, 1.807) is 6.07 Å². The van der Waals surface area contributed by atoms with E-state index in [0.717, 1.165) is 24.3 Å². The highest BCUT2D eigenvalue weighted by Crippen LogP contribution is 2.17. The highest BCUT2D eigenvalue weighted by atomic mass is 16.3. The van der Waals surface area contributed by atoms with Gasteiger partial charge < -0.3 is 10.8 Å². The summed E-state index contributed by atoms with van der Waals surface area (Å²) in [5.41, 5.74) is 8.95. The van der Waals surface area contributed by atoms with Gasteiger partial charge in [0, 0.05) is 24.8 Å². The molecule has 0 radical (unpaired) electrons. The van der Waals surface area contributed by atoms with Gasteiger partial charge in [-0.15, -0.1) is 0 Å². The number of aromatic hydroxyl groups is 1. The Bertz CT molecular complexity index is 519. The fraction of sp³-hybridized carbons (Fsp3) is 0.294. The molecule has 0 fully saturated rings. The largest absolute Gasteiger partial charge is 0.508 e. The first-order valence-electron chi connectivity index (χ1n) is 6.91. The molecule has 0 saturated heterocycles. The van der Waals surface area contributed by atoms with Crippen LogP contribution in [0.1, 0.15) is 25.0 Å². The summed E-state index contributed by atoms with van der Waals surface area (Å²) in [6.45, 7) is 6.00. The van der Waals surface area contributed by atoms with E-state index in [1.807, 2.05) is 36.4 Å². The van der Waals surface area contributed by atoms with Crippen molar-refractivity contribution in [3.63, 3.8) is 0 Å². The fourth-order valence-corrected chi connectivity index (χ4v) is 2.24. The molecule has 20 heavy (non-hydrogen) atoms. The van der Waals surface area contributed by atoms with Gasteiger partial charge in [-0.1, -0.05) is 24.3 Å². The maximum atomic E-state index is 9.56. The molecule has 2 aromatic carbocycles. The molecule has 0 heterocycles.